The minimum Gasteiger partial charge on any atom is -0.284 e. The van der Waals surface area contributed by atoms with Gasteiger partial charge in [-0.1, -0.05) is 28.1 Å². The Hall–Kier alpha value is -0.690. The van der Waals surface area contributed by atoms with Gasteiger partial charge in [0.1, 0.15) is 6.10 Å². The van der Waals surface area contributed by atoms with E-state index in [9.17, 15) is 4.57 Å². The SMILES string of the molecule is CC(C)(C)OP(=O)(OCC1C=C(c2ccc(Br)cc2)NO1)OC(C)(C)C. The molecule has 0 radical (unpaired) electrons. The summed E-state index contributed by atoms with van der Waals surface area (Å²) in [4.78, 5) is 5.49. The second-order valence-corrected chi connectivity index (χ2v) is 10.4. The van der Waals surface area contributed by atoms with Crippen molar-refractivity contribution in [3.63, 3.8) is 0 Å². The van der Waals surface area contributed by atoms with Crippen molar-refractivity contribution < 1.29 is 23.0 Å². The molecule has 0 spiro atoms. The van der Waals surface area contributed by atoms with Crippen LogP contribution in [0, 0.1) is 0 Å². The predicted molar refractivity (Wildman–Crippen MR) is 105 cm³/mol. The van der Waals surface area contributed by atoms with E-state index in [-0.39, 0.29) is 6.61 Å². The molecule has 146 valence electrons. The molecule has 0 saturated carbocycles. The van der Waals surface area contributed by atoms with Gasteiger partial charge < -0.3 is 0 Å². The minimum atomic E-state index is -3.76. The predicted octanol–water partition coefficient (Wildman–Crippen LogP) is 5.45. The topological polar surface area (TPSA) is 66.0 Å². The molecule has 0 aliphatic carbocycles. The van der Waals surface area contributed by atoms with E-state index in [1.165, 1.54) is 0 Å². The molecule has 1 aromatic rings. The molecular formula is C18H27BrNO5P. The zero-order valence-electron chi connectivity index (χ0n) is 16.0. The highest BCUT2D eigenvalue weighted by Crippen LogP contribution is 2.55. The summed E-state index contributed by atoms with van der Waals surface area (Å²) < 4.78 is 30.8. The standard InChI is InChI=1S/C18H27BrNO5P/c1-17(2,3)24-26(21,25-18(4,5)6)22-12-15-11-16(20-23-15)13-7-9-14(19)10-8-13/h7-11,15,20H,12H2,1-6H3. The van der Waals surface area contributed by atoms with Crippen molar-refractivity contribution >= 4 is 29.4 Å². The molecule has 1 atom stereocenters. The van der Waals surface area contributed by atoms with Crippen LogP contribution in [0.2, 0.25) is 0 Å². The fourth-order valence-electron chi connectivity index (χ4n) is 2.17. The van der Waals surface area contributed by atoms with E-state index in [2.05, 4.69) is 21.4 Å². The van der Waals surface area contributed by atoms with Crippen molar-refractivity contribution in [2.24, 2.45) is 0 Å². The molecule has 1 N–H and O–H groups in total. The number of benzene rings is 1. The van der Waals surface area contributed by atoms with E-state index in [1.54, 1.807) is 41.5 Å². The number of hydrogen-bond acceptors (Lipinski definition) is 6. The van der Waals surface area contributed by atoms with Crippen molar-refractivity contribution in [1.82, 2.24) is 5.48 Å². The summed E-state index contributed by atoms with van der Waals surface area (Å²) in [7, 11) is -3.76. The van der Waals surface area contributed by atoms with Gasteiger partial charge in [-0.15, -0.1) is 0 Å². The van der Waals surface area contributed by atoms with Gasteiger partial charge in [0.05, 0.1) is 23.5 Å². The highest BCUT2D eigenvalue weighted by molar-refractivity contribution is 9.10. The summed E-state index contributed by atoms with van der Waals surface area (Å²) in [6.45, 7) is 10.8. The minimum absolute atomic E-state index is 0.0382. The first-order valence-corrected chi connectivity index (χ1v) is 10.7. The third-order valence-electron chi connectivity index (χ3n) is 3.00. The van der Waals surface area contributed by atoms with Gasteiger partial charge >= 0.3 is 7.82 Å². The van der Waals surface area contributed by atoms with Crippen molar-refractivity contribution in [3.8, 4) is 0 Å². The Morgan fingerprint density at radius 2 is 1.62 bits per heavy atom. The summed E-state index contributed by atoms with van der Waals surface area (Å²) in [5.74, 6) is 0. The molecule has 0 bridgehead atoms. The molecule has 26 heavy (non-hydrogen) atoms. The molecular weight excluding hydrogens is 421 g/mol. The summed E-state index contributed by atoms with van der Waals surface area (Å²) in [5, 5.41) is 0. The highest BCUT2D eigenvalue weighted by atomic mass is 79.9. The molecule has 6 nitrogen and oxygen atoms in total. The number of rotatable bonds is 6. The van der Waals surface area contributed by atoms with Crippen LogP contribution < -0.4 is 5.48 Å². The van der Waals surface area contributed by atoms with Crippen LogP contribution in [-0.2, 0) is 23.0 Å². The molecule has 0 fully saturated rings. The van der Waals surface area contributed by atoms with E-state index in [0.29, 0.717) is 0 Å². The first-order valence-electron chi connectivity index (χ1n) is 8.41. The van der Waals surface area contributed by atoms with Crippen molar-refractivity contribution in [2.45, 2.75) is 58.8 Å². The van der Waals surface area contributed by atoms with E-state index in [1.807, 2.05) is 30.3 Å². The number of phosphoric ester groups is 1. The number of halogens is 1. The lowest BCUT2D eigenvalue weighted by molar-refractivity contribution is -0.0236. The van der Waals surface area contributed by atoms with Crippen LogP contribution >= 0.6 is 23.8 Å². The van der Waals surface area contributed by atoms with Crippen LogP contribution in [0.5, 0.6) is 0 Å². The van der Waals surface area contributed by atoms with Gasteiger partial charge in [-0.3, -0.25) is 23.9 Å². The Labute approximate surface area is 163 Å². The van der Waals surface area contributed by atoms with Crippen LogP contribution in [0.4, 0.5) is 0 Å². The number of nitrogens with one attached hydrogen (secondary N) is 1. The van der Waals surface area contributed by atoms with E-state index in [0.717, 1.165) is 15.7 Å². The fraction of sp³-hybridized carbons (Fsp3) is 0.556. The zero-order chi connectivity index (χ0) is 19.6. The summed E-state index contributed by atoms with van der Waals surface area (Å²) in [6.07, 6.45) is 1.47. The van der Waals surface area contributed by atoms with Gasteiger partial charge in [-0.2, -0.15) is 0 Å². The summed E-state index contributed by atoms with van der Waals surface area (Å²) in [6, 6.07) is 7.83. The van der Waals surface area contributed by atoms with Gasteiger partial charge in [-0.05, 0) is 65.3 Å². The summed E-state index contributed by atoms with van der Waals surface area (Å²) >= 11 is 3.41. The molecule has 1 heterocycles. The lowest BCUT2D eigenvalue weighted by Crippen LogP contribution is -2.26. The average Bonchev–Trinajstić information content (AvgIpc) is 2.91. The van der Waals surface area contributed by atoms with Gasteiger partial charge in [0.25, 0.3) is 0 Å². The number of hydrogen-bond donors (Lipinski definition) is 1. The normalized spacial score (nSPS) is 18.6. The van der Waals surface area contributed by atoms with E-state index < -0.39 is 25.1 Å². The van der Waals surface area contributed by atoms with Gasteiger partial charge in [0.15, 0.2) is 0 Å². The maximum Gasteiger partial charge on any atom is 0.475 e. The van der Waals surface area contributed by atoms with E-state index in [4.69, 9.17) is 18.4 Å². The first kappa shape index (κ1) is 21.6. The quantitative estimate of drug-likeness (QED) is 0.584. The molecule has 1 aliphatic heterocycles. The first-order chi connectivity index (χ1) is 11.9. The molecule has 0 amide bonds. The molecule has 1 unspecified atom stereocenters. The van der Waals surface area contributed by atoms with Crippen molar-refractivity contribution in [3.05, 3.63) is 40.4 Å². The Kier molecular flexibility index (Phi) is 6.76. The molecule has 1 aromatic carbocycles. The summed E-state index contributed by atoms with van der Waals surface area (Å²) in [5.41, 5.74) is 3.33. The number of hydroxylamine groups is 1. The lowest BCUT2D eigenvalue weighted by Gasteiger charge is -2.31. The Balaban J connectivity index is 2.04. The second-order valence-electron chi connectivity index (χ2n) is 8.00. The van der Waals surface area contributed by atoms with Crippen LogP contribution in [0.1, 0.15) is 47.1 Å². The molecule has 8 heteroatoms. The van der Waals surface area contributed by atoms with Crippen molar-refractivity contribution in [1.29, 1.82) is 0 Å². The smallest absolute Gasteiger partial charge is 0.284 e. The maximum absolute atomic E-state index is 13.0. The van der Waals surface area contributed by atoms with Crippen molar-refractivity contribution in [2.75, 3.05) is 6.61 Å². The van der Waals surface area contributed by atoms with Gasteiger partial charge in [0.2, 0.25) is 0 Å². The molecule has 0 saturated heterocycles. The number of phosphoric acid groups is 1. The third kappa shape index (κ3) is 7.14. The Bertz CT molecular complexity index is 671. The van der Waals surface area contributed by atoms with Crippen LogP contribution in [0.25, 0.3) is 5.70 Å². The average molecular weight is 448 g/mol. The largest absolute Gasteiger partial charge is 0.475 e. The molecule has 2 rings (SSSR count). The third-order valence-corrected chi connectivity index (χ3v) is 5.53. The van der Waals surface area contributed by atoms with Crippen LogP contribution in [0.15, 0.2) is 34.8 Å². The zero-order valence-corrected chi connectivity index (χ0v) is 18.5. The van der Waals surface area contributed by atoms with Crippen LogP contribution in [0.3, 0.4) is 0 Å². The van der Waals surface area contributed by atoms with Gasteiger partial charge in [-0.25, -0.2) is 4.57 Å². The fourth-order valence-corrected chi connectivity index (χ4v) is 4.24. The van der Waals surface area contributed by atoms with E-state index >= 15 is 0 Å². The second kappa shape index (κ2) is 8.13. The Morgan fingerprint density at radius 3 is 2.12 bits per heavy atom. The monoisotopic (exact) mass is 447 g/mol. The maximum atomic E-state index is 13.0. The molecule has 1 aliphatic rings. The van der Waals surface area contributed by atoms with Crippen LogP contribution in [-0.4, -0.2) is 23.9 Å². The highest BCUT2D eigenvalue weighted by Gasteiger charge is 2.38. The lowest BCUT2D eigenvalue weighted by atomic mass is 10.1. The molecule has 0 aromatic heterocycles. The van der Waals surface area contributed by atoms with Gasteiger partial charge in [0, 0.05) is 4.47 Å². The Morgan fingerprint density at radius 1 is 1.08 bits per heavy atom.